The number of hydrogen-bond acceptors (Lipinski definition) is 4. The van der Waals surface area contributed by atoms with E-state index in [-0.39, 0.29) is 12.8 Å². The molecule has 2 rings (SSSR count). The molecule has 1 saturated carbocycles. The summed E-state index contributed by atoms with van der Waals surface area (Å²) in [7, 11) is 0. The second-order valence-corrected chi connectivity index (χ2v) is 3.94. The standard InChI is InChI=1S/C6H7F2N3S/c7-6(8)1-5(9,2-6)4-11-10-3-12-4/h3H,1-2,9H2. The van der Waals surface area contributed by atoms with Crippen molar-refractivity contribution in [1.82, 2.24) is 10.2 Å². The van der Waals surface area contributed by atoms with E-state index in [9.17, 15) is 8.78 Å². The zero-order chi connectivity index (χ0) is 8.82. The molecule has 3 nitrogen and oxygen atoms in total. The van der Waals surface area contributed by atoms with Crippen LogP contribution in [0.3, 0.4) is 0 Å². The Kier molecular flexibility index (Phi) is 1.47. The molecular weight excluding hydrogens is 184 g/mol. The maximum atomic E-state index is 12.5. The van der Waals surface area contributed by atoms with E-state index in [0.29, 0.717) is 5.01 Å². The first-order valence-corrected chi connectivity index (χ1v) is 4.33. The Labute approximate surface area is 71.6 Å². The minimum atomic E-state index is -2.61. The van der Waals surface area contributed by atoms with Crippen molar-refractivity contribution < 1.29 is 8.78 Å². The first-order valence-electron chi connectivity index (χ1n) is 3.45. The van der Waals surface area contributed by atoms with Crippen molar-refractivity contribution in [2.75, 3.05) is 0 Å². The van der Waals surface area contributed by atoms with E-state index in [1.54, 1.807) is 0 Å². The van der Waals surface area contributed by atoms with Gasteiger partial charge in [-0.3, -0.25) is 0 Å². The molecule has 66 valence electrons. The van der Waals surface area contributed by atoms with Gasteiger partial charge in [0.2, 0.25) is 0 Å². The van der Waals surface area contributed by atoms with Crippen molar-refractivity contribution in [3.05, 3.63) is 10.5 Å². The van der Waals surface area contributed by atoms with Gasteiger partial charge in [0.1, 0.15) is 10.5 Å². The van der Waals surface area contributed by atoms with Gasteiger partial charge in [-0.1, -0.05) is 0 Å². The molecule has 0 radical (unpaired) electrons. The Morgan fingerprint density at radius 2 is 2.17 bits per heavy atom. The molecule has 1 fully saturated rings. The third kappa shape index (κ3) is 1.11. The van der Waals surface area contributed by atoms with Gasteiger partial charge in [0.05, 0.1) is 5.54 Å². The average Bonchev–Trinajstić information content (AvgIpc) is 2.31. The van der Waals surface area contributed by atoms with Crippen LogP contribution in [0.2, 0.25) is 0 Å². The molecule has 0 unspecified atom stereocenters. The van der Waals surface area contributed by atoms with Crippen molar-refractivity contribution in [1.29, 1.82) is 0 Å². The van der Waals surface area contributed by atoms with E-state index in [4.69, 9.17) is 5.73 Å². The number of aromatic nitrogens is 2. The number of alkyl halides is 2. The van der Waals surface area contributed by atoms with E-state index >= 15 is 0 Å². The Balaban J connectivity index is 2.18. The molecule has 0 atom stereocenters. The molecule has 0 spiro atoms. The van der Waals surface area contributed by atoms with Crippen LogP contribution in [-0.2, 0) is 5.54 Å². The van der Waals surface area contributed by atoms with Crippen LogP contribution in [0, 0.1) is 0 Å². The van der Waals surface area contributed by atoms with Crippen LogP contribution in [0.1, 0.15) is 17.8 Å². The van der Waals surface area contributed by atoms with Gasteiger partial charge in [-0.2, -0.15) is 0 Å². The topological polar surface area (TPSA) is 51.8 Å². The Morgan fingerprint density at radius 3 is 2.58 bits per heavy atom. The van der Waals surface area contributed by atoms with Gasteiger partial charge in [0, 0.05) is 12.8 Å². The summed E-state index contributed by atoms with van der Waals surface area (Å²) >= 11 is 1.23. The lowest BCUT2D eigenvalue weighted by atomic mass is 9.75. The highest BCUT2D eigenvalue weighted by molar-refractivity contribution is 7.09. The minimum absolute atomic E-state index is 0.310. The third-order valence-electron chi connectivity index (χ3n) is 1.93. The zero-order valence-corrected chi connectivity index (χ0v) is 6.94. The number of halogens is 2. The fourth-order valence-electron chi connectivity index (χ4n) is 1.41. The molecule has 1 aromatic rings. The lowest BCUT2D eigenvalue weighted by molar-refractivity contribution is -0.125. The van der Waals surface area contributed by atoms with Crippen molar-refractivity contribution in [2.45, 2.75) is 24.3 Å². The average molecular weight is 191 g/mol. The third-order valence-corrected chi connectivity index (χ3v) is 2.85. The van der Waals surface area contributed by atoms with Crippen LogP contribution in [0.25, 0.3) is 0 Å². The first-order chi connectivity index (χ1) is 5.52. The quantitative estimate of drug-likeness (QED) is 0.723. The van der Waals surface area contributed by atoms with E-state index < -0.39 is 11.5 Å². The molecule has 1 heterocycles. The Morgan fingerprint density at radius 1 is 1.50 bits per heavy atom. The fourth-order valence-corrected chi connectivity index (χ4v) is 2.08. The molecular formula is C6H7F2N3S. The Bertz CT molecular complexity index is 277. The van der Waals surface area contributed by atoms with Crippen molar-refractivity contribution in [2.24, 2.45) is 5.73 Å². The molecule has 0 amide bonds. The summed E-state index contributed by atoms with van der Waals surface area (Å²) in [6, 6.07) is 0. The summed E-state index contributed by atoms with van der Waals surface area (Å²) in [5.41, 5.74) is 6.25. The largest absolute Gasteiger partial charge is 0.319 e. The number of nitrogens with two attached hydrogens (primary N) is 1. The highest BCUT2D eigenvalue weighted by Gasteiger charge is 2.56. The van der Waals surface area contributed by atoms with Crippen molar-refractivity contribution in [3.63, 3.8) is 0 Å². The van der Waals surface area contributed by atoms with Crippen LogP contribution >= 0.6 is 11.3 Å². The van der Waals surface area contributed by atoms with Gasteiger partial charge in [-0.05, 0) is 0 Å². The minimum Gasteiger partial charge on any atom is -0.319 e. The van der Waals surface area contributed by atoms with Gasteiger partial charge >= 0.3 is 0 Å². The fraction of sp³-hybridized carbons (Fsp3) is 0.667. The molecule has 0 aliphatic heterocycles. The molecule has 0 aromatic carbocycles. The van der Waals surface area contributed by atoms with E-state index in [0.717, 1.165) is 0 Å². The van der Waals surface area contributed by atoms with E-state index in [1.807, 2.05) is 0 Å². The molecule has 6 heteroatoms. The van der Waals surface area contributed by atoms with Crippen LogP contribution in [-0.4, -0.2) is 16.1 Å². The first kappa shape index (κ1) is 8.00. The van der Waals surface area contributed by atoms with Gasteiger partial charge in [0.15, 0.2) is 0 Å². The van der Waals surface area contributed by atoms with Gasteiger partial charge in [-0.15, -0.1) is 21.5 Å². The molecule has 1 aromatic heterocycles. The highest BCUT2D eigenvalue weighted by atomic mass is 32.1. The molecule has 0 bridgehead atoms. The predicted octanol–water partition coefficient (Wildman–Crippen LogP) is 1.12. The lowest BCUT2D eigenvalue weighted by Crippen LogP contribution is -2.55. The van der Waals surface area contributed by atoms with Gasteiger partial charge in [-0.25, -0.2) is 8.78 Å². The summed E-state index contributed by atoms with van der Waals surface area (Å²) in [5, 5.41) is 7.76. The summed E-state index contributed by atoms with van der Waals surface area (Å²) in [5.74, 6) is -2.61. The van der Waals surface area contributed by atoms with Gasteiger partial charge in [0.25, 0.3) is 5.92 Å². The Hall–Kier alpha value is -0.620. The summed E-state index contributed by atoms with van der Waals surface area (Å²) in [6.45, 7) is 0. The molecule has 12 heavy (non-hydrogen) atoms. The molecule has 0 saturated heterocycles. The number of rotatable bonds is 1. The predicted molar refractivity (Wildman–Crippen MR) is 40.0 cm³/mol. The maximum absolute atomic E-state index is 12.5. The van der Waals surface area contributed by atoms with Crippen molar-refractivity contribution in [3.8, 4) is 0 Å². The van der Waals surface area contributed by atoms with Crippen LogP contribution in [0.5, 0.6) is 0 Å². The second-order valence-electron chi connectivity index (χ2n) is 3.11. The van der Waals surface area contributed by atoms with Crippen LogP contribution in [0.4, 0.5) is 8.78 Å². The van der Waals surface area contributed by atoms with Gasteiger partial charge < -0.3 is 5.73 Å². The zero-order valence-electron chi connectivity index (χ0n) is 6.13. The molecule has 2 N–H and O–H groups in total. The summed E-state index contributed by atoms with van der Waals surface area (Å²) in [6.07, 6.45) is -0.621. The summed E-state index contributed by atoms with van der Waals surface area (Å²) < 4.78 is 25.0. The molecule has 1 aliphatic carbocycles. The number of hydrogen-bond donors (Lipinski definition) is 1. The van der Waals surface area contributed by atoms with E-state index in [1.165, 1.54) is 16.8 Å². The highest BCUT2D eigenvalue weighted by Crippen LogP contribution is 2.49. The SMILES string of the molecule is NC1(c2nncs2)CC(F)(F)C1. The van der Waals surface area contributed by atoms with Crippen LogP contribution in [0.15, 0.2) is 5.51 Å². The normalized spacial score (nSPS) is 24.9. The van der Waals surface area contributed by atoms with Crippen LogP contribution < -0.4 is 5.73 Å². The number of nitrogens with zero attached hydrogens (tertiary/aromatic N) is 2. The lowest BCUT2D eigenvalue weighted by Gasteiger charge is -2.42. The summed E-state index contributed by atoms with van der Waals surface area (Å²) in [4.78, 5) is 0. The monoisotopic (exact) mass is 191 g/mol. The maximum Gasteiger partial charge on any atom is 0.252 e. The smallest absolute Gasteiger partial charge is 0.252 e. The second kappa shape index (κ2) is 2.20. The van der Waals surface area contributed by atoms with Crippen molar-refractivity contribution >= 4 is 11.3 Å². The van der Waals surface area contributed by atoms with E-state index in [2.05, 4.69) is 10.2 Å². The molecule has 1 aliphatic rings.